The molecule has 0 aliphatic heterocycles. The molecule has 0 atom stereocenters. The number of esters is 1. The summed E-state index contributed by atoms with van der Waals surface area (Å²) >= 11 is 0. The van der Waals surface area contributed by atoms with E-state index >= 15 is 0 Å². The highest BCUT2D eigenvalue weighted by Gasteiger charge is 2.24. The molecular formula is C22H18N2O5. The van der Waals surface area contributed by atoms with Gasteiger partial charge in [0.15, 0.2) is 5.76 Å². The number of carbonyl (C=O) groups is 2. The highest BCUT2D eigenvalue weighted by molar-refractivity contribution is 6.43. The van der Waals surface area contributed by atoms with Gasteiger partial charge < -0.3 is 19.0 Å². The van der Waals surface area contributed by atoms with Crippen molar-refractivity contribution in [3.05, 3.63) is 71.5 Å². The van der Waals surface area contributed by atoms with Crippen LogP contribution in [0.2, 0.25) is 0 Å². The lowest BCUT2D eigenvalue weighted by Crippen LogP contribution is -2.18. The number of ketones is 1. The Kier molecular flexibility index (Phi) is 4.87. The van der Waals surface area contributed by atoms with E-state index in [-0.39, 0.29) is 6.61 Å². The maximum Gasteiger partial charge on any atom is 0.380 e. The van der Waals surface area contributed by atoms with Crippen LogP contribution in [0.15, 0.2) is 59.1 Å². The van der Waals surface area contributed by atoms with E-state index in [2.05, 4.69) is 10.1 Å². The number of nitrogens with zero attached hydrogens (tertiary/aromatic N) is 1. The van der Waals surface area contributed by atoms with E-state index < -0.39 is 11.8 Å². The van der Waals surface area contributed by atoms with Crippen LogP contribution in [0.25, 0.3) is 22.2 Å². The molecule has 0 aliphatic carbocycles. The lowest BCUT2D eigenvalue weighted by molar-refractivity contribution is -0.139. The molecule has 4 aromatic rings. The van der Waals surface area contributed by atoms with Crippen molar-refractivity contribution in [1.82, 2.24) is 10.1 Å². The second-order valence-electron chi connectivity index (χ2n) is 6.49. The minimum absolute atomic E-state index is 0.167. The molecule has 0 aliphatic rings. The highest BCUT2D eigenvalue weighted by Crippen LogP contribution is 2.25. The number of aryl methyl sites for hydroxylation is 1. The maximum absolute atomic E-state index is 12.6. The Hall–Kier alpha value is -3.87. The number of Topliss-reactive ketones (excluding diaryl/α,β-unsaturated/α-hetero) is 1. The van der Waals surface area contributed by atoms with Gasteiger partial charge in [-0.1, -0.05) is 35.5 Å². The van der Waals surface area contributed by atoms with Gasteiger partial charge in [0.05, 0.1) is 12.7 Å². The number of aromatic amines is 1. The van der Waals surface area contributed by atoms with Crippen molar-refractivity contribution >= 4 is 22.7 Å². The van der Waals surface area contributed by atoms with E-state index in [1.165, 1.54) is 0 Å². The molecule has 0 unspecified atom stereocenters. The first kappa shape index (κ1) is 18.5. The van der Waals surface area contributed by atoms with Gasteiger partial charge in [0.1, 0.15) is 18.1 Å². The molecule has 0 bridgehead atoms. The van der Waals surface area contributed by atoms with Gasteiger partial charge in [-0.05, 0) is 25.1 Å². The van der Waals surface area contributed by atoms with Crippen LogP contribution < -0.4 is 4.74 Å². The van der Waals surface area contributed by atoms with E-state index in [4.69, 9.17) is 14.0 Å². The predicted molar refractivity (Wildman–Crippen MR) is 106 cm³/mol. The van der Waals surface area contributed by atoms with Crippen molar-refractivity contribution in [2.75, 3.05) is 7.11 Å². The van der Waals surface area contributed by atoms with Gasteiger partial charge in [0.2, 0.25) is 0 Å². The summed E-state index contributed by atoms with van der Waals surface area (Å²) in [5.41, 5.74) is 2.91. The first-order valence-corrected chi connectivity index (χ1v) is 8.95. The lowest BCUT2D eigenvalue weighted by atomic mass is 10.1. The normalized spacial score (nSPS) is 10.8. The summed E-state index contributed by atoms with van der Waals surface area (Å²) in [6.07, 6.45) is 0. The molecule has 7 heteroatoms. The number of methoxy groups -OCH3 is 1. The van der Waals surface area contributed by atoms with E-state index in [9.17, 15) is 9.59 Å². The molecule has 0 saturated carbocycles. The fourth-order valence-corrected chi connectivity index (χ4v) is 3.17. The largest absolute Gasteiger partial charge is 0.497 e. The van der Waals surface area contributed by atoms with Crippen LogP contribution in [0.1, 0.15) is 21.7 Å². The number of hydrogen-bond donors (Lipinski definition) is 1. The van der Waals surface area contributed by atoms with Crippen molar-refractivity contribution in [3.63, 3.8) is 0 Å². The van der Waals surface area contributed by atoms with Gasteiger partial charge in [0, 0.05) is 28.2 Å². The van der Waals surface area contributed by atoms with Crippen LogP contribution in [0.3, 0.4) is 0 Å². The quantitative estimate of drug-likeness (QED) is 0.303. The third-order valence-corrected chi connectivity index (χ3v) is 4.57. The number of ether oxygens (including phenoxy) is 2. The van der Waals surface area contributed by atoms with Crippen molar-refractivity contribution in [2.24, 2.45) is 0 Å². The molecule has 0 spiro atoms. The number of H-pyrrole nitrogens is 1. The molecule has 2 heterocycles. The minimum Gasteiger partial charge on any atom is -0.497 e. The number of hydrogen-bond acceptors (Lipinski definition) is 6. The van der Waals surface area contributed by atoms with E-state index in [0.29, 0.717) is 33.8 Å². The summed E-state index contributed by atoms with van der Waals surface area (Å²) in [6, 6.07) is 16.3. The summed E-state index contributed by atoms with van der Waals surface area (Å²) in [6.45, 7) is 1.58. The topological polar surface area (TPSA) is 94.4 Å². The molecule has 7 nitrogen and oxygen atoms in total. The fraction of sp³-hybridized carbons (Fsp3) is 0.136. The molecule has 1 N–H and O–H groups in total. The van der Waals surface area contributed by atoms with Gasteiger partial charge in [-0.2, -0.15) is 0 Å². The Morgan fingerprint density at radius 1 is 1.10 bits per heavy atom. The maximum atomic E-state index is 12.6. The van der Waals surface area contributed by atoms with Crippen LogP contribution in [0.5, 0.6) is 5.75 Å². The molecule has 2 aromatic carbocycles. The second kappa shape index (κ2) is 7.63. The lowest BCUT2D eigenvalue weighted by Gasteiger charge is -2.02. The van der Waals surface area contributed by atoms with Crippen LogP contribution >= 0.6 is 0 Å². The summed E-state index contributed by atoms with van der Waals surface area (Å²) in [5, 5.41) is 4.59. The molecule has 4 rings (SSSR count). The summed E-state index contributed by atoms with van der Waals surface area (Å²) in [5.74, 6) is -0.444. The molecule has 29 heavy (non-hydrogen) atoms. The van der Waals surface area contributed by atoms with E-state index in [0.717, 1.165) is 11.1 Å². The van der Waals surface area contributed by atoms with Gasteiger partial charge in [-0.25, -0.2) is 4.79 Å². The average molecular weight is 390 g/mol. The van der Waals surface area contributed by atoms with Crippen molar-refractivity contribution in [1.29, 1.82) is 0 Å². The molecule has 2 aromatic heterocycles. The predicted octanol–water partition coefficient (Wildman–Crippen LogP) is 4.07. The Bertz CT molecular complexity index is 1200. The first-order chi connectivity index (χ1) is 14.1. The fourth-order valence-electron chi connectivity index (χ4n) is 3.17. The van der Waals surface area contributed by atoms with Crippen LogP contribution in [0, 0.1) is 6.92 Å². The van der Waals surface area contributed by atoms with Gasteiger partial charge in [-0.3, -0.25) is 4.79 Å². The van der Waals surface area contributed by atoms with Crippen molar-refractivity contribution in [2.45, 2.75) is 13.5 Å². The zero-order chi connectivity index (χ0) is 20.4. The molecule has 0 amide bonds. The van der Waals surface area contributed by atoms with Gasteiger partial charge >= 0.3 is 5.97 Å². The Balaban J connectivity index is 1.46. The number of fused-ring (bicyclic) bond motifs is 1. The number of rotatable bonds is 6. The monoisotopic (exact) mass is 390 g/mol. The summed E-state index contributed by atoms with van der Waals surface area (Å²) in [4.78, 5) is 28.0. The third kappa shape index (κ3) is 3.62. The standard InChI is InChI=1S/C22H18N2O5/c1-13-20(17-8-3-4-9-18(17)23-13)21(25)22(26)28-12-15-11-19(29-24-15)14-6-5-7-16(10-14)27-2/h3-11,23H,12H2,1-2H3. The van der Waals surface area contributed by atoms with Crippen LogP contribution in [-0.2, 0) is 16.1 Å². The number of benzene rings is 2. The zero-order valence-electron chi connectivity index (χ0n) is 15.9. The SMILES string of the molecule is COc1cccc(-c2cc(COC(=O)C(=O)c3c(C)[nH]c4ccccc34)no2)c1. The Morgan fingerprint density at radius 2 is 1.93 bits per heavy atom. The third-order valence-electron chi connectivity index (χ3n) is 4.57. The van der Waals surface area contributed by atoms with Gasteiger partial charge in [0.25, 0.3) is 5.78 Å². The summed E-state index contributed by atoms with van der Waals surface area (Å²) in [7, 11) is 1.58. The molecule has 146 valence electrons. The highest BCUT2D eigenvalue weighted by atomic mass is 16.5. The smallest absolute Gasteiger partial charge is 0.380 e. The van der Waals surface area contributed by atoms with Crippen LogP contribution in [-0.4, -0.2) is 29.0 Å². The molecular weight excluding hydrogens is 372 g/mol. The Labute approximate surface area is 166 Å². The average Bonchev–Trinajstić information content (AvgIpc) is 3.35. The molecule has 0 radical (unpaired) electrons. The Morgan fingerprint density at radius 3 is 2.76 bits per heavy atom. The van der Waals surface area contributed by atoms with Gasteiger partial charge in [-0.15, -0.1) is 0 Å². The van der Waals surface area contributed by atoms with Crippen molar-refractivity contribution in [3.8, 4) is 17.1 Å². The number of carbonyl (C=O) groups excluding carboxylic acids is 2. The van der Waals surface area contributed by atoms with Crippen molar-refractivity contribution < 1.29 is 23.6 Å². The van der Waals surface area contributed by atoms with Crippen LogP contribution in [0.4, 0.5) is 0 Å². The molecule has 0 saturated heterocycles. The first-order valence-electron chi connectivity index (χ1n) is 8.95. The summed E-state index contributed by atoms with van der Waals surface area (Å²) < 4.78 is 15.7. The number of nitrogens with one attached hydrogen (secondary N) is 1. The second-order valence-corrected chi connectivity index (χ2v) is 6.49. The van der Waals surface area contributed by atoms with E-state index in [1.807, 2.05) is 36.4 Å². The van der Waals surface area contributed by atoms with E-state index in [1.54, 1.807) is 32.2 Å². The minimum atomic E-state index is -0.941. The number of aromatic nitrogens is 2. The zero-order valence-corrected chi connectivity index (χ0v) is 15.9. The molecule has 0 fully saturated rings. The number of para-hydroxylation sites is 1.